The lowest BCUT2D eigenvalue weighted by molar-refractivity contribution is -0.176. The molecule has 0 fully saturated rings. The van der Waals surface area contributed by atoms with E-state index in [1.165, 1.54) is 0 Å². The molecule has 0 saturated heterocycles. The summed E-state index contributed by atoms with van der Waals surface area (Å²) >= 11 is 0. The van der Waals surface area contributed by atoms with Gasteiger partial charge in [-0.15, -0.1) is 0 Å². The smallest absolute Gasteiger partial charge is 0.464 e. The van der Waals surface area contributed by atoms with Gasteiger partial charge >= 0.3 is 18.1 Å². The minimum Gasteiger partial charge on any atom is -0.464 e. The van der Waals surface area contributed by atoms with E-state index >= 15 is 0 Å². The molecule has 1 amide bonds. The summed E-state index contributed by atoms with van der Waals surface area (Å²) < 4.78 is 41.4. The Hall–Kier alpha value is -2.20. The number of carbonyl (C=O) groups excluding carboxylic acids is 2. The summed E-state index contributed by atoms with van der Waals surface area (Å²) in [6, 6.07) is -1.51. The summed E-state index contributed by atoms with van der Waals surface area (Å²) in [5.74, 6) is -3.62. The Morgan fingerprint density at radius 1 is 1.27 bits per heavy atom. The molecule has 128 valence electrons. The zero-order valence-electron chi connectivity index (χ0n) is 12.0. The van der Waals surface area contributed by atoms with Gasteiger partial charge in [0.25, 0.3) is 0 Å². The van der Waals surface area contributed by atoms with Crippen LogP contribution in [0.2, 0.25) is 0 Å². The van der Waals surface area contributed by atoms with Gasteiger partial charge in [0.05, 0.1) is 6.61 Å². The van der Waals surface area contributed by atoms with E-state index in [2.05, 4.69) is 9.99 Å². The predicted molar refractivity (Wildman–Crippen MR) is 70.2 cm³/mol. The van der Waals surface area contributed by atoms with Gasteiger partial charge in [0.2, 0.25) is 5.96 Å². The van der Waals surface area contributed by atoms with Crippen molar-refractivity contribution in [2.45, 2.75) is 38.4 Å². The van der Waals surface area contributed by atoms with Gasteiger partial charge in [0.1, 0.15) is 12.6 Å². The molecule has 0 spiro atoms. The van der Waals surface area contributed by atoms with Gasteiger partial charge in [-0.1, -0.05) is 13.3 Å². The van der Waals surface area contributed by atoms with Crippen molar-refractivity contribution in [3.8, 4) is 0 Å². The maximum atomic E-state index is 12.2. The quantitative estimate of drug-likeness (QED) is 0.179. The Labute approximate surface area is 125 Å². The molecule has 22 heavy (non-hydrogen) atoms. The molecule has 8 nitrogen and oxygen atoms in total. The number of esters is 1. The second kappa shape index (κ2) is 9.68. The van der Waals surface area contributed by atoms with E-state index in [0.29, 0.717) is 6.42 Å². The molecule has 0 unspecified atom stereocenters. The zero-order valence-corrected chi connectivity index (χ0v) is 12.0. The molecule has 0 rings (SSSR count). The summed E-state index contributed by atoms with van der Waals surface area (Å²) in [6.07, 6.45) is -4.11. The van der Waals surface area contributed by atoms with Crippen LogP contribution in [0.25, 0.3) is 0 Å². The topological polar surface area (TPSA) is 129 Å². The Kier molecular flexibility index (Phi) is 8.72. The maximum Gasteiger partial charge on any atom is 0.471 e. The van der Waals surface area contributed by atoms with Gasteiger partial charge < -0.3 is 26.4 Å². The molecule has 0 radical (unpaired) electrons. The van der Waals surface area contributed by atoms with Crippen LogP contribution in [0.1, 0.15) is 26.2 Å². The minimum absolute atomic E-state index is 0.0441. The SMILES string of the molecule is CCCCOC(=O)[C@H](CCON=C(N)N)NC(=O)C(F)(F)F. The monoisotopic (exact) mass is 328 g/mol. The Balaban J connectivity index is 4.58. The lowest BCUT2D eigenvalue weighted by Crippen LogP contribution is -2.48. The molecular weight excluding hydrogens is 309 g/mol. The number of rotatable bonds is 9. The van der Waals surface area contributed by atoms with Crippen LogP contribution < -0.4 is 16.8 Å². The fourth-order valence-corrected chi connectivity index (χ4v) is 1.20. The molecule has 0 bridgehead atoms. The van der Waals surface area contributed by atoms with E-state index in [1.807, 2.05) is 6.92 Å². The fraction of sp³-hybridized carbons (Fsp3) is 0.727. The molecule has 0 aliphatic heterocycles. The molecular formula is C11H19F3N4O4. The van der Waals surface area contributed by atoms with Crippen molar-refractivity contribution < 1.29 is 32.3 Å². The highest BCUT2D eigenvalue weighted by atomic mass is 19.4. The number of oxime groups is 1. The van der Waals surface area contributed by atoms with E-state index in [4.69, 9.17) is 16.2 Å². The van der Waals surface area contributed by atoms with Crippen molar-refractivity contribution in [2.24, 2.45) is 16.6 Å². The lowest BCUT2D eigenvalue weighted by atomic mass is 10.2. The summed E-state index contributed by atoms with van der Waals surface area (Å²) in [6.45, 7) is 1.60. The van der Waals surface area contributed by atoms with Crippen LogP contribution in [0.3, 0.4) is 0 Å². The largest absolute Gasteiger partial charge is 0.471 e. The highest BCUT2D eigenvalue weighted by molar-refractivity contribution is 5.87. The Bertz CT molecular complexity index is 397. The van der Waals surface area contributed by atoms with Crippen LogP contribution in [0.4, 0.5) is 13.2 Å². The van der Waals surface area contributed by atoms with Crippen LogP contribution in [0.15, 0.2) is 5.16 Å². The number of ether oxygens (including phenoxy) is 1. The third-order valence-electron chi connectivity index (χ3n) is 2.26. The molecule has 0 saturated carbocycles. The average molecular weight is 328 g/mol. The van der Waals surface area contributed by atoms with Crippen LogP contribution in [0, 0.1) is 0 Å². The second-order valence-corrected chi connectivity index (χ2v) is 4.18. The van der Waals surface area contributed by atoms with E-state index in [0.717, 1.165) is 6.42 Å². The van der Waals surface area contributed by atoms with E-state index in [-0.39, 0.29) is 25.6 Å². The number of nitrogens with one attached hydrogen (secondary N) is 1. The normalized spacial score (nSPS) is 12.2. The first-order valence-corrected chi connectivity index (χ1v) is 6.43. The first-order chi connectivity index (χ1) is 10.2. The average Bonchev–Trinajstić information content (AvgIpc) is 2.40. The summed E-state index contributed by atoms with van der Waals surface area (Å²) in [4.78, 5) is 27.1. The van der Waals surface area contributed by atoms with Gasteiger partial charge in [0.15, 0.2) is 0 Å². The number of nitrogens with zero attached hydrogens (tertiary/aromatic N) is 1. The second-order valence-electron chi connectivity index (χ2n) is 4.18. The van der Waals surface area contributed by atoms with Crippen LogP contribution in [-0.4, -0.2) is 43.3 Å². The molecule has 1 atom stereocenters. The van der Waals surface area contributed by atoms with Gasteiger partial charge in [-0.2, -0.15) is 13.2 Å². The zero-order chi connectivity index (χ0) is 17.2. The van der Waals surface area contributed by atoms with Crippen molar-refractivity contribution in [2.75, 3.05) is 13.2 Å². The molecule has 11 heteroatoms. The van der Waals surface area contributed by atoms with Crippen molar-refractivity contribution in [1.29, 1.82) is 0 Å². The molecule has 5 N–H and O–H groups in total. The van der Waals surface area contributed by atoms with Crippen molar-refractivity contribution in [3.05, 3.63) is 0 Å². The lowest BCUT2D eigenvalue weighted by Gasteiger charge is -2.18. The first-order valence-electron chi connectivity index (χ1n) is 6.43. The standard InChI is InChI=1S/C11H19F3N4O4/c1-2-3-5-21-8(19)7(4-6-22-18-10(15)16)17-9(20)11(12,13)14/h7H,2-6H2,1H3,(H,17,20)(H4,15,16,18)/t7-/m0/s1. The number of hydrogen-bond donors (Lipinski definition) is 3. The molecule has 0 aliphatic rings. The van der Waals surface area contributed by atoms with Gasteiger partial charge in [-0.25, -0.2) is 4.79 Å². The number of carbonyl (C=O) groups is 2. The Morgan fingerprint density at radius 3 is 2.41 bits per heavy atom. The number of unbranched alkanes of at least 4 members (excludes halogenated alkanes) is 1. The van der Waals surface area contributed by atoms with Crippen molar-refractivity contribution in [1.82, 2.24) is 5.32 Å². The third kappa shape index (κ3) is 8.87. The fourth-order valence-electron chi connectivity index (χ4n) is 1.20. The van der Waals surface area contributed by atoms with Crippen molar-refractivity contribution >= 4 is 17.8 Å². The maximum absolute atomic E-state index is 12.2. The summed E-state index contributed by atoms with van der Waals surface area (Å²) in [5, 5.41) is 4.69. The van der Waals surface area contributed by atoms with Gasteiger partial charge in [-0.05, 0) is 11.6 Å². The van der Waals surface area contributed by atoms with E-state index in [1.54, 1.807) is 5.32 Å². The van der Waals surface area contributed by atoms with Gasteiger partial charge in [-0.3, -0.25) is 4.79 Å². The van der Waals surface area contributed by atoms with E-state index < -0.39 is 24.1 Å². The first kappa shape index (κ1) is 19.8. The molecule has 0 aromatic heterocycles. The molecule has 0 aliphatic carbocycles. The van der Waals surface area contributed by atoms with E-state index in [9.17, 15) is 22.8 Å². The number of amides is 1. The Morgan fingerprint density at radius 2 is 1.91 bits per heavy atom. The molecule has 0 heterocycles. The summed E-state index contributed by atoms with van der Waals surface area (Å²) in [7, 11) is 0. The minimum atomic E-state index is -5.11. The van der Waals surface area contributed by atoms with Crippen LogP contribution in [-0.2, 0) is 19.2 Å². The highest BCUT2D eigenvalue weighted by Crippen LogP contribution is 2.15. The number of alkyl halides is 3. The predicted octanol–water partition coefficient (Wildman–Crippen LogP) is -0.0281. The van der Waals surface area contributed by atoms with Gasteiger partial charge in [0, 0.05) is 6.42 Å². The summed E-state index contributed by atoms with van der Waals surface area (Å²) in [5.41, 5.74) is 9.96. The molecule has 0 aromatic carbocycles. The highest BCUT2D eigenvalue weighted by Gasteiger charge is 2.41. The number of nitrogens with two attached hydrogens (primary N) is 2. The third-order valence-corrected chi connectivity index (χ3v) is 2.26. The number of hydrogen-bond acceptors (Lipinski definition) is 5. The van der Waals surface area contributed by atoms with Crippen molar-refractivity contribution in [3.63, 3.8) is 0 Å². The van der Waals surface area contributed by atoms with Crippen LogP contribution >= 0.6 is 0 Å². The number of guanidine groups is 1. The number of halogens is 3. The molecule has 0 aromatic rings. The van der Waals surface area contributed by atoms with Crippen LogP contribution in [0.5, 0.6) is 0 Å².